The van der Waals surface area contributed by atoms with E-state index in [1.165, 1.54) is 12.4 Å². The normalized spacial score (nSPS) is 12.3. The van der Waals surface area contributed by atoms with E-state index in [2.05, 4.69) is 10.3 Å². The number of amides is 1. The van der Waals surface area contributed by atoms with Crippen LogP contribution in [0.1, 0.15) is 36.7 Å². The number of nitrogens with one attached hydrogen (secondary N) is 1. The maximum atomic E-state index is 12.0. The summed E-state index contributed by atoms with van der Waals surface area (Å²) >= 11 is 0. The van der Waals surface area contributed by atoms with Crippen molar-refractivity contribution >= 4 is 22.9 Å². The first-order valence-electron chi connectivity index (χ1n) is 6.52. The number of aromatic nitrogens is 2. The van der Waals surface area contributed by atoms with Gasteiger partial charge in [-0.15, -0.1) is 0 Å². The van der Waals surface area contributed by atoms with Crippen molar-refractivity contribution in [3.8, 4) is 0 Å². The molecular formula is C14H17N3O3. The minimum atomic E-state index is -1.02. The lowest BCUT2D eigenvalue weighted by molar-refractivity contribution is -0.123. The molecule has 1 unspecified atom stereocenters. The molecule has 0 saturated heterocycles. The number of fused-ring (bicyclic) bond motifs is 1. The maximum absolute atomic E-state index is 12.0. The number of carbonyl (C=O) groups is 2. The summed E-state index contributed by atoms with van der Waals surface area (Å²) in [6, 6.07) is 4.48. The van der Waals surface area contributed by atoms with E-state index in [9.17, 15) is 9.59 Å². The largest absolute Gasteiger partial charge is 0.478 e. The summed E-state index contributed by atoms with van der Waals surface area (Å²) in [4.78, 5) is 27.3. The highest BCUT2D eigenvalue weighted by atomic mass is 16.4. The minimum absolute atomic E-state index is 0.105. The van der Waals surface area contributed by atoms with Crippen molar-refractivity contribution in [2.45, 2.75) is 26.3 Å². The third-order valence-electron chi connectivity index (χ3n) is 3.18. The lowest BCUT2D eigenvalue weighted by atomic mass is 10.2. The van der Waals surface area contributed by atoms with Crippen LogP contribution in [0, 0.1) is 0 Å². The second-order valence-corrected chi connectivity index (χ2v) is 4.60. The number of hydrogen-bond acceptors (Lipinski definition) is 3. The SMILES string of the molecule is CCCNC(=O)C(C)n1cnc2c(C(=O)O)cccc21. The van der Waals surface area contributed by atoms with Crippen LogP contribution in [-0.2, 0) is 4.79 Å². The number of benzene rings is 1. The number of carboxylic acid groups (broad SMARTS) is 1. The Morgan fingerprint density at radius 3 is 2.85 bits per heavy atom. The summed E-state index contributed by atoms with van der Waals surface area (Å²) in [5, 5.41) is 11.9. The Morgan fingerprint density at radius 2 is 2.20 bits per heavy atom. The molecule has 0 spiro atoms. The summed E-state index contributed by atoms with van der Waals surface area (Å²) < 4.78 is 1.69. The van der Waals surface area contributed by atoms with E-state index in [4.69, 9.17) is 5.11 Å². The zero-order chi connectivity index (χ0) is 14.7. The van der Waals surface area contributed by atoms with Gasteiger partial charge in [0, 0.05) is 6.54 Å². The van der Waals surface area contributed by atoms with Crippen molar-refractivity contribution in [1.82, 2.24) is 14.9 Å². The van der Waals surface area contributed by atoms with Gasteiger partial charge in [0.05, 0.1) is 17.4 Å². The molecule has 0 bridgehead atoms. The Hall–Kier alpha value is -2.37. The van der Waals surface area contributed by atoms with Gasteiger partial charge in [0.25, 0.3) is 0 Å². The third-order valence-corrected chi connectivity index (χ3v) is 3.18. The molecule has 0 fully saturated rings. The first kappa shape index (κ1) is 14.0. The predicted octanol–water partition coefficient (Wildman–Crippen LogP) is 1.82. The fourth-order valence-corrected chi connectivity index (χ4v) is 2.06. The van der Waals surface area contributed by atoms with Crippen LogP contribution in [0.3, 0.4) is 0 Å². The van der Waals surface area contributed by atoms with E-state index >= 15 is 0 Å². The van der Waals surface area contributed by atoms with E-state index in [1.54, 1.807) is 23.6 Å². The van der Waals surface area contributed by atoms with E-state index in [0.717, 1.165) is 6.42 Å². The van der Waals surface area contributed by atoms with Crippen LogP contribution in [0.15, 0.2) is 24.5 Å². The van der Waals surface area contributed by atoms with Crippen molar-refractivity contribution in [3.05, 3.63) is 30.1 Å². The number of carbonyl (C=O) groups excluding carboxylic acids is 1. The van der Waals surface area contributed by atoms with Crippen LogP contribution in [0.2, 0.25) is 0 Å². The highest BCUT2D eigenvalue weighted by Gasteiger charge is 2.19. The Labute approximate surface area is 116 Å². The molecule has 1 aromatic carbocycles. The van der Waals surface area contributed by atoms with Gasteiger partial charge in [-0.05, 0) is 25.5 Å². The van der Waals surface area contributed by atoms with Crippen LogP contribution in [0.4, 0.5) is 0 Å². The van der Waals surface area contributed by atoms with Crippen molar-refractivity contribution in [2.24, 2.45) is 0 Å². The third kappa shape index (κ3) is 2.49. The van der Waals surface area contributed by atoms with Crippen LogP contribution >= 0.6 is 0 Å². The molecule has 0 aliphatic carbocycles. The van der Waals surface area contributed by atoms with Gasteiger partial charge in [0.1, 0.15) is 11.6 Å². The van der Waals surface area contributed by atoms with Gasteiger partial charge in [-0.25, -0.2) is 9.78 Å². The highest BCUT2D eigenvalue weighted by molar-refractivity contribution is 6.01. The first-order chi connectivity index (χ1) is 9.56. The molecule has 2 N–H and O–H groups in total. The average molecular weight is 275 g/mol. The molecule has 1 aromatic heterocycles. The molecule has 0 aliphatic rings. The summed E-state index contributed by atoms with van der Waals surface area (Å²) in [7, 11) is 0. The van der Waals surface area contributed by atoms with Crippen molar-refractivity contribution in [2.75, 3.05) is 6.54 Å². The van der Waals surface area contributed by atoms with E-state index < -0.39 is 12.0 Å². The van der Waals surface area contributed by atoms with E-state index in [1.807, 2.05) is 6.92 Å². The smallest absolute Gasteiger partial charge is 0.337 e. The van der Waals surface area contributed by atoms with Gasteiger partial charge >= 0.3 is 5.97 Å². The van der Waals surface area contributed by atoms with E-state index in [0.29, 0.717) is 17.6 Å². The Bertz CT molecular complexity index is 648. The number of aromatic carboxylic acids is 1. The molecule has 20 heavy (non-hydrogen) atoms. The zero-order valence-electron chi connectivity index (χ0n) is 11.5. The molecule has 106 valence electrons. The summed E-state index contributed by atoms with van der Waals surface area (Å²) in [6.07, 6.45) is 2.37. The predicted molar refractivity (Wildman–Crippen MR) is 74.7 cm³/mol. The van der Waals surface area contributed by atoms with Gasteiger partial charge < -0.3 is 15.0 Å². The number of rotatable bonds is 5. The van der Waals surface area contributed by atoms with Crippen LogP contribution in [-0.4, -0.2) is 33.1 Å². The monoisotopic (exact) mass is 275 g/mol. The Morgan fingerprint density at radius 1 is 1.45 bits per heavy atom. The quantitative estimate of drug-likeness (QED) is 0.871. The van der Waals surface area contributed by atoms with Crippen molar-refractivity contribution < 1.29 is 14.7 Å². The van der Waals surface area contributed by atoms with Crippen molar-refractivity contribution in [1.29, 1.82) is 0 Å². The Kier molecular flexibility index (Phi) is 4.02. The maximum Gasteiger partial charge on any atom is 0.337 e. The van der Waals surface area contributed by atoms with Gasteiger partial charge in [0.15, 0.2) is 0 Å². The molecule has 2 rings (SSSR count). The van der Waals surface area contributed by atoms with Gasteiger partial charge in [-0.2, -0.15) is 0 Å². The van der Waals surface area contributed by atoms with Gasteiger partial charge in [0.2, 0.25) is 5.91 Å². The Balaban J connectivity index is 2.39. The number of hydrogen-bond donors (Lipinski definition) is 2. The van der Waals surface area contributed by atoms with Crippen LogP contribution < -0.4 is 5.32 Å². The molecule has 6 heteroatoms. The molecule has 1 amide bonds. The first-order valence-corrected chi connectivity index (χ1v) is 6.52. The highest BCUT2D eigenvalue weighted by Crippen LogP contribution is 2.21. The van der Waals surface area contributed by atoms with Crippen LogP contribution in [0.25, 0.3) is 11.0 Å². The molecule has 1 atom stereocenters. The standard InChI is InChI=1S/C14H17N3O3/c1-3-7-15-13(18)9(2)17-8-16-12-10(14(19)20)5-4-6-11(12)17/h4-6,8-9H,3,7H2,1-2H3,(H,15,18)(H,19,20). The lowest BCUT2D eigenvalue weighted by Gasteiger charge is -2.14. The molecule has 1 heterocycles. The fraction of sp³-hybridized carbons (Fsp3) is 0.357. The van der Waals surface area contributed by atoms with E-state index in [-0.39, 0.29) is 11.5 Å². The number of carboxylic acids is 1. The molecule has 0 radical (unpaired) electrons. The number of nitrogens with zero attached hydrogens (tertiary/aromatic N) is 2. The average Bonchev–Trinajstić information content (AvgIpc) is 2.87. The topological polar surface area (TPSA) is 84.2 Å². The second kappa shape index (κ2) is 5.73. The molecule has 0 aliphatic heterocycles. The summed E-state index contributed by atoms with van der Waals surface area (Å²) in [6.45, 7) is 4.37. The zero-order valence-corrected chi connectivity index (χ0v) is 11.5. The summed E-state index contributed by atoms with van der Waals surface area (Å²) in [5.41, 5.74) is 1.18. The molecule has 0 saturated carbocycles. The molecular weight excluding hydrogens is 258 g/mol. The van der Waals surface area contributed by atoms with Gasteiger partial charge in [-0.1, -0.05) is 13.0 Å². The van der Waals surface area contributed by atoms with Crippen molar-refractivity contribution in [3.63, 3.8) is 0 Å². The number of para-hydroxylation sites is 1. The molecule has 2 aromatic rings. The second-order valence-electron chi connectivity index (χ2n) is 4.60. The van der Waals surface area contributed by atoms with Gasteiger partial charge in [-0.3, -0.25) is 4.79 Å². The summed E-state index contributed by atoms with van der Waals surface area (Å²) in [5.74, 6) is -1.13. The van der Waals surface area contributed by atoms with Crippen LogP contribution in [0.5, 0.6) is 0 Å². The lowest BCUT2D eigenvalue weighted by Crippen LogP contribution is -2.31. The minimum Gasteiger partial charge on any atom is -0.478 e. The fourth-order valence-electron chi connectivity index (χ4n) is 2.06. The number of imidazole rings is 1. The molecule has 6 nitrogen and oxygen atoms in total.